The van der Waals surface area contributed by atoms with Gasteiger partial charge in [-0.1, -0.05) is 0 Å². The van der Waals surface area contributed by atoms with E-state index in [2.05, 4.69) is 0 Å². The molecule has 0 aliphatic carbocycles. The second-order valence-corrected chi connectivity index (χ2v) is 3.72. The lowest BCUT2D eigenvalue weighted by atomic mass is 10.1. The van der Waals surface area contributed by atoms with E-state index >= 15 is 0 Å². The number of aryl methyl sites for hydroxylation is 3. The van der Waals surface area contributed by atoms with Crippen LogP contribution in [0.25, 0.3) is 0 Å². The maximum atomic E-state index is 10.0. The summed E-state index contributed by atoms with van der Waals surface area (Å²) in [5.74, 6) is 2.87. The Labute approximate surface area is 88.3 Å². The predicted octanol–water partition coefficient (Wildman–Crippen LogP) is 2.88. The first-order chi connectivity index (χ1) is 7.08. The number of hydrogen-bond acceptors (Lipinski definition) is 3. The summed E-state index contributed by atoms with van der Waals surface area (Å²) in [6, 6.07) is 5.44. The Hall–Kier alpha value is -1.48. The van der Waals surface area contributed by atoms with Gasteiger partial charge in [0.25, 0.3) is 0 Å². The van der Waals surface area contributed by atoms with Crippen molar-refractivity contribution in [3.63, 3.8) is 0 Å². The van der Waals surface area contributed by atoms with Crippen molar-refractivity contribution in [1.29, 1.82) is 0 Å². The molecular weight excluding hydrogens is 192 g/mol. The molecule has 3 nitrogen and oxygen atoms in total. The Balaban J connectivity index is 2.35. The van der Waals surface area contributed by atoms with E-state index in [1.165, 1.54) is 0 Å². The SMILES string of the molecule is Cc1ccc(C(O)c2cc(C)oc2C)o1. The highest BCUT2D eigenvalue weighted by Gasteiger charge is 2.19. The summed E-state index contributed by atoms with van der Waals surface area (Å²) >= 11 is 0. The third kappa shape index (κ3) is 1.83. The van der Waals surface area contributed by atoms with Crippen molar-refractivity contribution < 1.29 is 13.9 Å². The maximum Gasteiger partial charge on any atom is 0.140 e. The molecular formula is C12H14O3. The van der Waals surface area contributed by atoms with Crippen molar-refractivity contribution in [2.45, 2.75) is 26.9 Å². The van der Waals surface area contributed by atoms with Crippen LogP contribution in [0.4, 0.5) is 0 Å². The van der Waals surface area contributed by atoms with Gasteiger partial charge in [-0.3, -0.25) is 0 Å². The molecule has 80 valence electrons. The van der Waals surface area contributed by atoms with Crippen molar-refractivity contribution >= 4 is 0 Å². The van der Waals surface area contributed by atoms with Gasteiger partial charge >= 0.3 is 0 Å². The van der Waals surface area contributed by atoms with Crippen LogP contribution >= 0.6 is 0 Å². The van der Waals surface area contributed by atoms with Gasteiger partial charge in [-0.15, -0.1) is 0 Å². The van der Waals surface area contributed by atoms with Crippen molar-refractivity contribution in [3.8, 4) is 0 Å². The number of aliphatic hydroxyl groups is 1. The van der Waals surface area contributed by atoms with Gasteiger partial charge in [0.15, 0.2) is 0 Å². The van der Waals surface area contributed by atoms with Crippen molar-refractivity contribution in [2.75, 3.05) is 0 Å². The molecule has 2 aromatic rings. The third-order valence-corrected chi connectivity index (χ3v) is 2.40. The van der Waals surface area contributed by atoms with E-state index in [1.807, 2.05) is 32.9 Å². The van der Waals surface area contributed by atoms with Crippen LogP contribution in [0.15, 0.2) is 27.0 Å². The molecule has 0 radical (unpaired) electrons. The predicted molar refractivity (Wildman–Crippen MR) is 55.7 cm³/mol. The lowest BCUT2D eigenvalue weighted by Gasteiger charge is -2.05. The van der Waals surface area contributed by atoms with E-state index in [9.17, 15) is 5.11 Å². The molecule has 0 aliphatic rings. The number of aliphatic hydroxyl groups excluding tert-OH is 1. The summed E-state index contributed by atoms with van der Waals surface area (Å²) in [6.45, 7) is 5.54. The zero-order chi connectivity index (χ0) is 11.0. The van der Waals surface area contributed by atoms with Crippen LogP contribution < -0.4 is 0 Å². The largest absolute Gasteiger partial charge is 0.466 e. The van der Waals surface area contributed by atoms with Crippen LogP contribution in [-0.2, 0) is 0 Å². The molecule has 1 N–H and O–H groups in total. The van der Waals surface area contributed by atoms with E-state index in [0.717, 1.165) is 22.8 Å². The molecule has 15 heavy (non-hydrogen) atoms. The van der Waals surface area contributed by atoms with Gasteiger partial charge in [0, 0.05) is 5.56 Å². The summed E-state index contributed by atoms with van der Waals surface area (Å²) in [7, 11) is 0. The molecule has 0 bridgehead atoms. The zero-order valence-electron chi connectivity index (χ0n) is 9.07. The fourth-order valence-electron chi connectivity index (χ4n) is 1.68. The molecule has 0 spiro atoms. The highest BCUT2D eigenvalue weighted by molar-refractivity contribution is 5.28. The van der Waals surface area contributed by atoms with Gasteiger partial charge in [-0.25, -0.2) is 0 Å². The molecule has 3 heteroatoms. The first-order valence-electron chi connectivity index (χ1n) is 4.89. The molecule has 2 aromatic heterocycles. The standard InChI is InChI=1S/C12H14O3/c1-7-4-5-11(15-7)12(13)10-6-8(2)14-9(10)3/h4-6,12-13H,1-3H3. The van der Waals surface area contributed by atoms with Crippen LogP contribution in [-0.4, -0.2) is 5.11 Å². The van der Waals surface area contributed by atoms with Gasteiger partial charge in [-0.2, -0.15) is 0 Å². The Morgan fingerprint density at radius 2 is 1.80 bits per heavy atom. The van der Waals surface area contributed by atoms with Crippen LogP contribution in [0.1, 0.15) is 34.7 Å². The monoisotopic (exact) mass is 206 g/mol. The third-order valence-electron chi connectivity index (χ3n) is 2.40. The van der Waals surface area contributed by atoms with Gasteiger partial charge in [0.2, 0.25) is 0 Å². The highest BCUT2D eigenvalue weighted by atomic mass is 16.4. The molecule has 1 atom stereocenters. The smallest absolute Gasteiger partial charge is 0.140 e. The molecule has 0 aromatic carbocycles. The lowest BCUT2D eigenvalue weighted by molar-refractivity contribution is 0.185. The molecule has 0 aliphatic heterocycles. The summed E-state index contributed by atoms with van der Waals surface area (Å²) < 4.78 is 10.7. The maximum absolute atomic E-state index is 10.0. The minimum atomic E-state index is -0.740. The average molecular weight is 206 g/mol. The fraction of sp³-hybridized carbons (Fsp3) is 0.333. The van der Waals surface area contributed by atoms with Gasteiger partial charge in [0.1, 0.15) is 29.1 Å². The summed E-state index contributed by atoms with van der Waals surface area (Å²) in [6.07, 6.45) is -0.740. The Morgan fingerprint density at radius 1 is 1.07 bits per heavy atom. The fourth-order valence-corrected chi connectivity index (χ4v) is 1.68. The number of hydrogen-bond donors (Lipinski definition) is 1. The molecule has 0 saturated carbocycles. The number of furan rings is 2. The zero-order valence-corrected chi connectivity index (χ0v) is 9.07. The molecule has 2 rings (SSSR count). The van der Waals surface area contributed by atoms with E-state index < -0.39 is 6.10 Å². The van der Waals surface area contributed by atoms with Gasteiger partial charge in [-0.05, 0) is 39.0 Å². The second-order valence-electron chi connectivity index (χ2n) is 3.72. The first-order valence-corrected chi connectivity index (χ1v) is 4.89. The van der Waals surface area contributed by atoms with Crippen LogP contribution in [0.5, 0.6) is 0 Å². The summed E-state index contributed by atoms with van der Waals surface area (Å²) in [4.78, 5) is 0. The first kappa shape index (κ1) is 10.1. The van der Waals surface area contributed by atoms with Crippen molar-refractivity contribution in [3.05, 3.63) is 46.8 Å². The molecule has 0 saturated heterocycles. The van der Waals surface area contributed by atoms with Crippen molar-refractivity contribution in [2.24, 2.45) is 0 Å². The van der Waals surface area contributed by atoms with E-state index in [1.54, 1.807) is 6.07 Å². The molecule has 2 heterocycles. The number of rotatable bonds is 2. The normalized spacial score (nSPS) is 13.1. The van der Waals surface area contributed by atoms with E-state index in [4.69, 9.17) is 8.83 Å². The highest BCUT2D eigenvalue weighted by Crippen LogP contribution is 2.28. The second kappa shape index (κ2) is 3.59. The Kier molecular flexibility index (Phi) is 2.40. The van der Waals surface area contributed by atoms with E-state index in [-0.39, 0.29) is 0 Å². The quantitative estimate of drug-likeness (QED) is 0.821. The molecule has 1 unspecified atom stereocenters. The minimum Gasteiger partial charge on any atom is -0.466 e. The van der Waals surface area contributed by atoms with Gasteiger partial charge < -0.3 is 13.9 Å². The van der Waals surface area contributed by atoms with Crippen LogP contribution in [0.3, 0.4) is 0 Å². The topological polar surface area (TPSA) is 46.5 Å². The van der Waals surface area contributed by atoms with E-state index in [0.29, 0.717) is 5.76 Å². The molecule has 0 amide bonds. The Morgan fingerprint density at radius 3 is 2.27 bits per heavy atom. The van der Waals surface area contributed by atoms with Crippen molar-refractivity contribution in [1.82, 2.24) is 0 Å². The lowest BCUT2D eigenvalue weighted by Crippen LogP contribution is -1.97. The molecule has 0 fully saturated rings. The minimum absolute atomic E-state index is 0.552. The average Bonchev–Trinajstić information content (AvgIpc) is 2.71. The summed E-state index contributed by atoms with van der Waals surface area (Å²) in [5.41, 5.74) is 0.766. The van der Waals surface area contributed by atoms with Crippen LogP contribution in [0.2, 0.25) is 0 Å². The summed E-state index contributed by atoms with van der Waals surface area (Å²) in [5, 5.41) is 10.0. The van der Waals surface area contributed by atoms with Crippen LogP contribution in [0, 0.1) is 20.8 Å². The van der Waals surface area contributed by atoms with Gasteiger partial charge in [0.05, 0.1) is 0 Å². The Bertz CT molecular complexity index is 465.